The predicted octanol–water partition coefficient (Wildman–Crippen LogP) is 3.45. The molecular formula is C17H19NO3. The minimum Gasteiger partial charge on any atom is -0.493 e. The zero-order valence-corrected chi connectivity index (χ0v) is 12.3. The Kier molecular flexibility index (Phi) is 4.82. The van der Waals surface area contributed by atoms with Gasteiger partial charge in [0, 0.05) is 23.7 Å². The molecule has 2 N–H and O–H groups in total. The van der Waals surface area contributed by atoms with Crippen LogP contribution in [-0.2, 0) is 6.61 Å². The number of rotatable bonds is 6. The highest BCUT2D eigenvalue weighted by Gasteiger charge is 2.14. The number of Topliss-reactive ketones (excluding diaryl/α,β-unsaturated/α-hetero) is 1. The standard InChI is InChI=1S/C17H19NO3/c1-3-15(19)13-9-17(16(20-2)10-14(13)18)21-11-12-7-5-4-6-8-12/h4-10H,3,11,18H2,1-2H3. The Morgan fingerprint density at radius 1 is 1.14 bits per heavy atom. The summed E-state index contributed by atoms with van der Waals surface area (Å²) < 4.78 is 11.0. The molecule has 0 aliphatic carbocycles. The molecule has 2 rings (SSSR count). The van der Waals surface area contributed by atoms with E-state index in [0.717, 1.165) is 5.56 Å². The average Bonchev–Trinajstić information content (AvgIpc) is 2.53. The van der Waals surface area contributed by atoms with Gasteiger partial charge in [0.1, 0.15) is 6.61 Å². The number of carbonyl (C=O) groups excluding carboxylic acids is 1. The molecule has 0 unspecified atom stereocenters. The molecule has 0 saturated heterocycles. The van der Waals surface area contributed by atoms with E-state index >= 15 is 0 Å². The van der Waals surface area contributed by atoms with Gasteiger partial charge >= 0.3 is 0 Å². The molecule has 4 nitrogen and oxygen atoms in total. The fourth-order valence-corrected chi connectivity index (χ4v) is 2.02. The van der Waals surface area contributed by atoms with E-state index in [2.05, 4.69) is 0 Å². The number of anilines is 1. The summed E-state index contributed by atoms with van der Waals surface area (Å²) in [4.78, 5) is 11.9. The van der Waals surface area contributed by atoms with Crippen LogP contribution in [0.2, 0.25) is 0 Å². The van der Waals surface area contributed by atoms with Crippen LogP contribution in [0.3, 0.4) is 0 Å². The van der Waals surface area contributed by atoms with E-state index in [9.17, 15) is 4.79 Å². The number of ether oxygens (including phenoxy) is 2. The zero-order chi connectivity index (χ0) is 15.2. The van der Waals surface area contributed by atoms with Crippen LogP contribution in [0.4, 0.5) is 5.69 Å². The van der Waals surface area contributed by atoms with Gasteiger partial charge in [-0.2, -0.15) is 0 Å². The third kappa shape index (κ3) is 3.54. The SMILES string of the molecule is CCC(=O)c1cc(OCc2ccccc2)c(OC)cc1N. The fraction of sp³-hybridized carbons (Fsp3) is 0.235. The highest BCUT2D eigenvalue weighted by Crippen LogP contribution is 2.33. The topological polar surface area (TPSA) is 61.5 Å². The van der Waals surface area contributed by atoms with Crippen molar-refractivity contribution in [3.63, 3.8) is 0 Å². The summed E-state index contributed by atoms with van der Waals surface area (Å²) in [6, 6.07) is 13.1. The zero-order valence-electron chi connectivity index (χ0n) is 12.3. The van der Waals surface area contributed by atoms with E-state index in [1.165, 1.54) is 0 Å². The lowest BCUT2D eigenvalue weighted by Gasteiger charge is -2.14. The molecule has 21 heavy (non-hydrogen) atoms. The fourth-order valence-electron chi connectivity index (χ4n) is 2.02. The third-order valence-electron chi connectivity index (χ3n) is 3.19. The molecule has 0 bridgehead atoms. The number of nitrogens with two attached hydrogens (primary N) is 1. The lowest BCUT2D eigenvalue weighted by atomic mass is 10.1. The quantitative estimate of drug-likeness (QED) is 0.652. The third-order valence-corrected chi connectivity index (χ3v) is 3.19. The first-order chi connectivity index (χ1) is 10.2. The molecule has 0 saturated carbocycles. The van der Waals surface area contributed by atoms with Crippen molar-refractivity contribution in [1.29, 1.82) is 0 Å². The average molecular weight is 285 g/mol. The van der Waals surface area contributed by atoms with Crippen LogP contribution in [0.1, 0.15) is 29.3 Å². The Balaban J connectivity index is 2.26. The lowest BCUT2D eigenvalue weighted by Crippen LogP contribution is -2.05. The Morgan fingerprint density at radius 2 is 1.86 bits per heavy atom. The number of ketones is 1. The molecule has 0 aliphatic rings. The summed E-state index contributed by atoms with van der Waals surface area (Å²) >= 11 is 0. The van der Waals surface area contributed by atoms with Crippen LogP contribution >= 0.6 is 0 Å². The number of benzene rings is 2. The summed E-state index contributed by atoms with van der Waals surface area (Å²) in [5, 5.41) is 0. The van der Waals surface area contributed by atoms with Gasteiger partial charge in [-0.25, -0.2) is 0 Å². The van der Waals surface area contributed by atoms with Crippen LogP contribution in [-0.4, -0.2) is 12.9 Å². The first-order valence-electron chi connectivity index (χ1n) is 6.83. The molecular weight excluding hydrogens is 266 g/mol. The molecule has 2 aromatic rings. The van der Waals surface area contributed by atoms with E-state index in [1.54, 1.807) is 26.2 Å². The van der Waals surface area contributed by atoms with Crippen LogP contribution < -0.4 is 15.2 Å². The summed E-state index contributed by atoms with van der Waals surface area (Å²) in [6.45, 7) is 2.21. The molecule has 0 amide bonds. The Labute approximate surface area is 124 Å². The molecule has 0 heterocycles. The molecule has 0 aliphatic heterocycles. The number of methoxy groups -OCH3 is 1. The summed E-state index contributed by atoms with van der Waals surface area (Å²) in [5.74, 6) is 1.03. The molecule has 0 aromatic heterocycles. The van der Waals surface area contributed by atoms with Gasteiger partial charge in [-0.1, -0.05) is 37.3 Å². The molecule has 110 valence electrons. The monoisotopic (exact) mass is 285 g/mol. The van der Waals surface area contributed by atoms with Crippen molar-refractivity contribution < 1.29 is 14.3 Å². The van der Waals surface area contributed by atoms with Gasteiger partial charge in [0.05, 0.1) is 7.11 Å². The van der Waals surface area contributed by atoms with E-state index < -0.39 is 0 Å². The molecule has 2 aromatic carbocycles. The van der Waals surface area contributed by atoms with Gasteiger partial charge < -0.3 is 15.2 Å². The largest absolute Gasteiger partial charge is 0.493 e. The smallest absolute Gasteiger partial charge is 0.164 e. The van der Waals surface area contributed by atoms with Gasteiger partial charge in [-0.3, -0.25) is 4.79 Å². The van der Waals surface area contributed by atoms with Gasteiger partial charge in [0.15, 0.2) is 17.3 Å². The minimum atomic E-state index is -0.0142. The first kappa shape index (κ1) is 14.9. The van der Waals surface area contributed by atoms with Crippen molar-refractivity contribution in [3.8, 4) is 11.5 Å². The second-order valence-electron chi connectivity index (χ2n) is 4.64. The van der Waals surface area contributed by atoms with Gasteiger partial charge in [0.25, 0.3) is 0 Å². The molecule has 0 radical (unpaired) electrons. The maximum Gasteiger partial charge on any atom is 0.164 e. The van der Waals surface area contributed by atoms with Crippen molar-refractivity contribution in [3.05, 3.63) is 53.6 Å². The first-order valence-corrected chi connectivity index (χ1v) is 6.83. The van der Waals surface area contributed by atoms with Crippen LogP contribution in [0, 0.1) is 0 Å². The Hall–Kier alpha value is -2.49. The van der Waals surface area contributed by atoms with Crippen LogP contribution in [0.5, 0.6) is 11.5 Å². The minimum absolute atomic E-state index is 0.0142. The number of hydrogen-bond acceptors (Lipinski definition) is 4. The van der Waals surface area contributed by atoms with E-state index in [1.807, 2.05) is 30.3 Å². The summed E-state index contributed by atoms with van der Waals surface area (Å²) in [5.41, 5.74) is 7.82. The Bertz CT molecular complexity index is 623. The van der Waals surface area contributed by atoms with Gasteiger partial charge in [-0.15, -0.1) is 0 Å². The second-order valence-corrected chi connectivity index (χ2v) is 4.64. The molecule has 0 fully saturated rings. The maximum absolute atomic E-state index is 11.9. The van der Waals surface area contributed by atoms with Gasteiger partial charge in [0.2, 0.25) is 0 Å². The molecule has 0 atom stereocenters. The maximum atomic E-state index is 11.9. The van der Waals surface area contributed by atoms with Gasteiger partial charge in [-0.05, 0) is 11.6 Å². The van der Waals surface area contributed by atoms with E-state index in [0.29, 0.717) is 35.8 Å². The van der Waals surface area contributed by atoms with Crippen LogP contribution in [0.25, 0.3) is 0 Å². The van der Waals surface area contributed by atoms with Crippen molar-refractivity contribution in [2.24, 2.45) is 0 Å². The molecule has 4 heteroatoms. The van der Waals surface area contributed by atoms with Crippen LogP contribution in [0.15, 0.2) is 42.5 Å². The van der Waals surface area contributed by atoms with E-state index in [-0.39, 0.29) is 5.78 Å². The summed E-state index contributed by atoms with van der Waals surface area (Å²) in [6.07, 6.45) is 0.397. The lowest BCUT2D eigenvalue weighted by molar-refractivity contribution is 0.0988. The number of nitrogen functional groups attached to an aromatic ring is 1. The highest BCUT2D eigenvalue weighted by molar-refractivity contribution is 6.01. The van der Waals surface area contributed by atoms with Crippen molar-refractivity contribution in [2.45, 2.75) is 20.0 Å². The normalized spacial score (nSPS) is 10.2. The number of carbonyl (C=O) groups is 1. The predicted molar refractivity (Wildman–Crippen MR) is 82.8 cm³/mol. The van der Waals surface area contributed by atoms with E-state index in [4.69, 9.17) is 15.2 Å². The van der Waals surface area contributed by atoms with Crippen molar-refractivity contribution in [2.75, 3.05) is 12.8 Å². The summed E-state index contributed by atoms with van der Waals surface area (Å²) in [7, 11) is 1.55. The second kappa shape index (κ2) is 6.79. The van der Waals surface area contributed by atoms with Crippen molar-refractivity contribution >= 4 is 11.5 Å². The van der Waals surface area contributed by atoms with Crippen molar-refractivity contribution in [1.82, 2.24) is 0 Å². The Morgan fingerprint density at radius 3 is 2.48 bits per heavy atom. The highest BCUT2D eigenvalue weighted by atomic mass is 16.5. The molecule has 0 spiro atoms. The number of hydrogen-bond donors (Lipinski definition) is 1.